The van der Waals surface area contributed by atoms with E-state index in [2.05, 4.69) is 27.3 Å². The van der Waals surface area contributed by atoms with Crippen LogP contribution in [0.4, 0.5) is 10.1 Å². The van der Waals surface area contributed by atoms with Crippen LogP contribution in [0, 0.1) is 17.1 Å². The minimum atomic E-state index is -0.448. The average Bonchev–Trinajstić information content (AvgIpc) is 2.40. The number of hydrogen-bond acceptors (Lipinski definition) is 2. The molecule has 0 amide bonds. The molecule has 0 unspecified atom stereocenters. The van der Waals surface area contributed by atoms with Gasteiger partial charge in [0.1, 0.15) is 11.9 Å². The smallest absolute Gasteiger partial charge is 0.142 e. The molecule has 2 rings (SSSR count). The third-order valence-electron chi connectivity index (χ3n) is 2.60. The zero-order chi connectivity index (χ0) is 13.8. The quantitative estimate of drug-likeness (QED) is 0.878. The number of benzene rings is 2. The molecule has 0 aliphatic rings. The Bertz CT molecular complexity index is 652. The highest BCUT2D eigenvalue weighted by molar-refractivity contribution is 9.10. The molecule has 0 aliphatic carbocycles. The van der Waals surface area contributed by atoms with Crippen LogP contribution in [0.2, 0.25) is 5.02 Å². The third kappa shape index (κ3) is 3.25. The Morgan fingerprint density at radius 2 is 2.11 bits per heavy atom. The maximum atomic E-state index is 13.3. The molecule has 2 nitrogen and oxygen atoms in total. The van der Waals surface area contributed by atoms with Gasteiger partial charge in [-0.15, -0.1) is 0 Å². The van der Waals surface area contributed by atoms with E-state index in [0.29, 0.717) is 23.4 Å². The molecular formula is C14H9BrClFN2. The Hall–Kier alpha value is -1.57. The van der Waals surface area contributed by atoms with Crippen LogP contribution in [0.15, 0.2) is 40.9 Å². The maximum Gasteiger partial charge on any atom is 0.142 e. The van der Waals surface area contributed by atoms with Crippen molar-refractivity contribution >= 4 is 33.2 Å². The zero-order valence-electron chi connectivity index (χ0n) is 9.75. The Morgan fingerprint density at radius 3 is 2.84 bits per heavy atom. The van der Waals surface area contributed by atoms with Gasteiger partial charge in [0, 0.05) is 11.0 Å². The molecule has 0 aromatic heterocycles. The van der Waals surface area contributed by atoms with E-state index >= 15 is 0 Å². The molecule has 0 fully saturated rings. The summed E-state index contributed by atoms with van der Waals surface area (Å²) in [5.74, 6) is -0.448. The highest BCUT2D eigenvalue weighted by atomic mass is 79.9. The van der Waals surface area contributed by atoms with Gasteiger partial charge in [0.05, 0.1) is 16.3 Å². The van der Waals surface area contributed by atoms with Gasteiger partial charge in [-0.1, -0.05) is 39.7 Å². The van der Waals surface area contributed by atoms with Crippen molar-refractivity contribution in [1.82, 2.24) is 0 Å². The fourth-order valence-electron chi connectivity index (χ4n) is 1.64. The minimum absolute atomic E-state index is 0.100. The Kier molecular flexibility index (Phi) is 4.41. The normalized spacial score (nSPS) is 10.0. The number of hydrogen-bond donors (Lipinski definition) is 1. The van der Waals surface area contributed by atoms with E-state index in [0.717, 1.165) is 4.47 Å². The lowest BCUT2D eigenvalue weighted by Gasteiger charge is -2.10. The fourth-order valence-corrected chi connectivity index (χ4v) is 2.19. The topological polar surface area (TPSA) is 35.8 Å². The van der Waals surface area contributed by atoms with Crippen LogP contribution in [0.5, 0.6) is 0 Å². The second kappa shape index (κ2) is 6.05. The predicted octanol–water partition coefficient (Wildman–Crippen LogP) is 4.73. The highest BCUT2D eigenvalue weighted by Gasteiger charge is 2.07. The van der Waals surface area contributed by atoms with Gasteiger partial charge in [0.25, 0.3) is 0 Å². The molecular weight excluding hydrogens is 331 g/mol. The Morgan fingerprint density at radius 1 is 1.32 bits per heavy atom. The van der Waals surface area contributed by atoms with Gasteiger partial charge in [-0.05, 0) is 29.8 Å². The molecule has 2 aromatic carbocycles. The number of halogens is 3. The lowest BCUT2D eigenvalue weighted by molar-refractivity contribution is 0.626. The van der Waals surface area contributed by atoms with Crippen molar-refractivity contribution in [2.75, 3.05) is 5.32 Å². The van der Waals surface area contributed by atoms with E-state index in [1.54, 1.807) is 30.3 Å². The van der Waals surface area contributed by atoms with Crippen molar-refractivity contribution < 1.29 is 4.39 Å². The first kappa shape index (κ1) is 13.9. The van der Waals surface area contributed by atoms with E-state index in [-0.39, 0.29) is 5.02 Å². The summed E-state index contributed by atoms with van der Waals surface area (Å²) in [6.07, 6.45) is 0. The number of nitrogens with zero attached hydrogens (tertiary/aromatic N) is 1. The molecule has 19 heavy (non-hydrogen) atoms. The van der Waals surface area contributed by atoms with Gasteiger partial charge in [0.2, 0.25) is 0 Å². The van der Waals surface area contributed by atoms with E-state index in [1.165, 1.54) is 6.07 Å². The molecule has 0 saturated carbocycles. The van der Waals surface area contributed by atoms with Crippen LogP contribution in [-0.4, -0.2) is 0 Å². The van der Waals surface area contributed by atoms with Crippen molar-refractivity contribution in [3.63, 3.8) is 0 Å². The fraction of sp³-hybridized carbons (Fsp3) is 0.0714. The number of nitriles is 1. The first-order chi connectivity index (χ1) is 9.11. The van der Waals surface area contributed by atoms with Crippen molar-refractivity contribution in [3.05, 3.63) is 62.8 Å². The largest absolute Gasteiger partial charge is 0.380 e. The van der Waals surface area contributed by atoms with Crippen LogP contribution < -0.4 is 5.32 Å². The lowest BCUT2D eigenvalue weighted by Crippen LogP contribution is -2.02. The molecule has 5 heteroatoms. The molecule has 0 bridgehead atoms. The molecule has 1 N–H and O–H groups in total. The summed E-state index contributed by atoms with van der Waals surface area (Å²) in [5, 5.41) is 12.2. The summed E-state index contributed by atoms with van der Waals surface area (Å²) in [6.45, 7) is 0.349. The van der Waals surface area contributed by atoms with Gasteiger partial charge < -0.3 is 5.32 Å². The van der Waals surface area contributed by atoms with E-state index in [1.807, 2.05) is 0 Å². The molecule has 2 aromatic rings. The standard InChI is InChI=1S/C14H9BrClFN2/c15-11-5-4-9(7-18)13(6-11)19-8-10-2-1-3-12(17)14(10)16/h1-6,19H,8H2. The van der Waals surface area contributed by atoms with Gasteiger partial charge in [-0.2, -0.15) is 5.26 Å². The predicted molar refractivity (Wildman–Crippen MR) is 77.6 cm³/mol. The first-order valence-corrected chi connectivity index (χ1v) is 6.65. The Labute approximate surface area is 123 Å². The summed E-state index contributed by atoms with van der Waals surface area (Å²) in [5.41, 5.74) is 1.85. The van der Waals surface area contributed by atoms with Crippen molar-refractivity contribution in [2.24, 2.45) is 0 Å². The van der Waals surface area contributed by atoms with Crippen LogP contribution >= 0.6 is 27.5 Å². The lowest BCUT2D eigenvalue weighted by atomic mass is 10.1. The molecule has 0 radical (unpaired) electrons. The molecule has 96 valence electrons. The summed E-state index contributed by atoms with van der Waals surface area (Å²) in [4.78, 5) is 0. The van der Waals surface area contributed by atoms with Crippen molar-refractivity contribution in [3.8, 4) is 6.07 Å². The van der Waals surface area contributed by atoms with Crippen molar-refractivity contribution in [2.45, 2.75) is 6.54 Å². The van der Waals surface area contributed by atoms with Gasteiger partial charge >= 0.3 is 0 Å². The van der Waals surface area contributed by atoms with Crippen LogP contribution in [0.25, 0.3) is 0 Å². The van der Waals surface area contributed by atoms with E-state index < -0.39 is 5.82 Å². The van der Waals surface area contributed by atoms with Gasteiger partial charge in [-0.3, -0.25) is 0 Å². The summed E-state index contributed by atoms with van der Waals surface area (Å²) < 4.78 is 14.2. The first-order valence-electron chi connectivity index (χ1n) is 5.48. The summed E-state index contributed by atoms with van der Waals surface area (Å²) in [7, 11) is 0. The number of anilines is 1. The third-order valence-corrected chi connectivity index (χ3v) is 3.52. The monoisotopic (exact) mass is 338 g/mol. The molecule has 0 saturated heterocycles. The number of nitrogens with one attached hydrogen (secondary N) is 1. The second-order valence-corrected chi connectivity index (χ2v) is 5.16. The van der Waals surface area contributed by atoms with Crippen molar-refractivity contribution in [1.29, 1.82) is 5.26 Å². The van der Waals surface area contributed by atoms with E-state index in [4.69, 9.17) is 16.9 Å². The SMILES string of the molecule is N#Cc1ccc(Br)cc1NCc1cccc(F)c1Cl. The molecule has 0 spiro atoms. The van der Waals surface area contributed by atoms with Gasteiger partial charge in [-0.25, -0.2) is 4.39 Å². The summed E-state index contributed by atoms with van der Waals surface area (Å²) in [6, 6.07) is 12.0. The molecule has 0 heterocycles. The molecule has 0 aliphatic heterocycles. The maximum absolute atomic E-state index is 13.3. The minimum Gasteiger partial charge on any atom is -0.380 e. The van der Waals surface area contributed by atoms with E-state index in [9.17, 15) is 4.39 Å². The number of rotatable bonds is 3. The van der Waals surface area contributed by atoms with Crippen LogP contribution in [-0.2, 0) is 6.54 Å². The Balaban J connectivity index is 2.21. The summed E-state index contributed by atoms with van der Waals surface area (Å²) >= 11 is 9.22. The average molecular weight is 340 g/mol. The second-order valence-electron chi connectivity index (χ2n) is 3.87. The van der Waals surface area contributed by atoms with Crippen LogP contribution in [0.1, 0.15) is 11.1 Å². The zero-order valence-corrected chi connectivity index (χ0v) is 12.1. The highest BCUT2D eigenvalue weighted by Crippen LogP contribution is 2.24. The van der Waals surface area contributed by atoms with Crippen LogP contribution in [0.3, 0.4) is 0 Å². The molecule has 0 atom stereocenters. The van der Waals surface area contributed by atoms with Gasteiger partial charge in [0.15, 0.2) is 0 Å².